The molecule has 19 heavy (non-hydrogen) atoms. The molecular formula is C15H16Cl2N2. The molecule has 0 amide bonds. The van der Waals surface area contributed by atoms with Gasteiger partial charge in [-0.25, -0.2) is 0 Å². The van der Waals surface area contributed by atoms with E-state index in [4.69, 9.17) is 28.9 Å². The molecular weight excluding hydrogens is 279 g/mol. The topological polar surface area (TPSA) is 29.3 Å². The standard InChI is InChI=1S/C15H16Cl2N2/c1-19(2)11-8-6-10(7-9-11)15(18)12-4-3-5-13(16)14(12)17/h3-9,15H,18H2,1-2H3. The third kappa shape index (κ3) is 3.03. The van der Waals surface area contributed by atoms with Crippen molar-refractivity contribution in [3.63, 3.8) is 0 Å². The van der Waals surface area contributed by atoms with Crippen LogP contribution >= 0.6 is 23.2 Å². The predicted octanol–water partition coefficient (Wildman–Crippen LogP) is 4.11. The summed E-state index contributed by atoms with van der Waals surface area (Å²) in [4.78, 5) is 2.04. The van der Waals surface area contributed by atoms with E-state index in [1.165, 1.54) is 0 Å². The van der Waals surface area contributed by atoms with E-state index in [9.17, 15) is 0 Å². The van der Waals surface area contributed by atoms with Gasteiger partial charge in [0.05, 0.1) is 16.1 Å². The molecule has 2 N–H and O–H groups in total. The average Bonchev–Trinajstić information content (AvgIpc) is 2.41. The average molecular weight is 295 g/mol. The van der Waals surface area contributed by atoms with Crippen LogP contribution in [0.3, 0.4) is 0 Å². The van der Waals surface area contributed by atoms with Gasteiger partial charge < -0.3 is 10.6 Å². The summed E-state index contributed by atoms with van der Waals surface area (Å²) < 4.78 is 0. The summed E-state index contributed by atoms with van der Waals surface area (Å²) >= 11 is 12.2. The van der Waals surface area contributed by atoms with E-state index >= 15 is 0 Å². The SMILES string of the molecule is CN(C)c1ccc(C(N)c2cccc(Cl)c2Cl)cc1. The van der Waals surface area contributed by atoms with Gasteiger partial charge in [-0.1, -0.05) is 47.5 Å². The fourth-order valence-corrected chi connectivity index (χ4v) is 2.35. The molecule has 4 heteroatoms. The summed E-state index contributed by atoms with van der Waals surface area (Å²) in [5, 5.41) is 1.05. The van der Waals surface area contributed by atoms with Gasteiger partial charge in [0.25, 0.3) is 0 Å². The first-order valence-electron chi connectivity index (χ1n) is 5.97. The highest BCUT2D eigenvalue weighted by Crippen LogP contribution is 2.32. The van der Waals surface area contributed by atoms with Crippen LogP contribution in [0.15, 0.2) is 42.5 Å². The first-order valence-corrected chi connectivity index (χ1v) is 6.73. The van der Waals surface area contributed by atoms with Crippen molar-refractivity contribution >= 4 is 28.9 Å². The van der Waals surface area contributed by atoms with Crippen molar-refractivity contribution < 1.29 is 0 Å². The lowest BCUT2D eigenvalue weighted by Gasteiger charge is -2.17. The number of rotatable bonds is 3. The highest BCUT2D eigenvalue weighted by Gasteiger charge is 2.14. The van der Waals surface area contributed by atoms with E-state index in [0.29, 0.717) is 10.0 Å². The quantitative estimate of drug-likeness (QED) is 0.923. The van der Waals surface area contributed by atoms with E-state index in [-0.39, 0.29) is 6.04 Å². The Morgan fingerprint density at radius 1 is 1.00 bits per heavy atom. The molecule has 1 unspecified atom stereocenters. The number of halogens is 2. The molecule has 0 fully saturated rings. The fraction of sp³-hybridized carbons (Fsp3) is 0.200. The lowest BCUT2D eigenvalue weighted by atomic mass is 9.99. The number of hydrogen-bond acceptors (Lipinski definition) is 2. The zero-order chi connectivity index (χ0) is 14.0. The van der Waals surface area contributed by atoms with Crippen molar-refractivity contribution in [3.05, 3.63) is 63.6 Å². The first-order chi connectivity index (χ1) is 9.00. The lowest BCUT2D eigenvalue weighted by Crippen LogP contribution is -2.13. The van der Waals surface area contributed by atoms with Crippen LogP contribution in [0, 0.1) is 0 Å². The van der Waals surface area contributed by atoms with Crippen molar-refractivity contribution in [3.8, 4) is 0 Å². The van der Waals surface area contributed by atoms with E-state index in [0.717, 1.165) is 16.8 Å². The van der Waals surface area contributed by atoms with Crippen molar-refractivity contribution in [1.29, 1.82) is 0 Å². The maximum Gasteiger partial charge on any atom is 0.0643 e. The fourth-order valence-electron chi connectivity index (χ4n) is 1.92. The first kappa shape index (κ1) is 14.2. The molecule has 0 aliphatic carbocycles. The second-order valence-electron chi connectivity index (χ2n) is 4.61. The van der Waals surface area contributed by atoms with Crippen LogP contribution in [0.5, 0.6) is 0 Å². The second-order valence-corrected chi connectivity index (χ2v) is 5.39. The van der Waals surface area contributed by atoms with Crippen LogP contribution in [0.2, 0.25) is 10.0 Å². The Bertz CT molecular complexity index is 565. The maximum atomic E-state index is 6.26. The third-order valence-electron chi connectivity index (χ3n) is 3.09. The summed E-state index contributed by atoms with van der Waals surface area (Å²) in [7, 11) is 4.01. The van der Waals surface area contributed by atoms with Gasteiger partial charge in [0.1, 0.15) is 0 Å². The Morgan fingerprint density at radius 2 is 1.63 bits per heavy atom. The van der Waals surface area contributed by atoms with Gasteiger partial charge in [-0.3, -0.25) is 0 Å². The van der Waals surface area contributed by atoms with Gasteiger partial charge in [-0.2, -0.15) is 0 Å². The third-order valence-corrected chi connectivity index (χ3v) is 3.92. The van der Waals surface area contributed by atoms with Crippen molar-refractivity contribution in [2.24, 2.45) is 5.73 Å². The summed E-state index contributed by atoms with van der Waals surface area (Å²) in [6, 6.07) is 13.3. The van der Waals surface area contributed by atoms with Crippen molar-refractivity contribution in [1.82, 2.24) is 0 Å². The van der Waals surface area contributed by atoms with Crippen LogP contribution in [0.4, 0.5) is 5.69 Å². The van der Waals surface area contributed by atoms with E-state index in [1.807, 2.05) is 55.4 Å². The Hall–Kier alpha value is -1.22. The molecule has 2 rings (SSSR count). The molecule has 0 heterocycles. The normalized spacial score (nSPS) is 12.3. The molecule has 0 radical (unpaired) electrons. The highest BCUT2D eigenvalue weighted by atomic mass is 35.5. The van der Waals surface area contributed by atoms with Gasteiger partial charge in [0.15, 0.2) is 0 Å². The maximum absolute atomic E-state index is 6.26. The Kier molecular flexibility index (Phi) is 4.35. The van der Waals surface area contributed by atoms with Gasteiger partial charge in [-0.05, 0) is 29.3 Å². The zero-order valence-corrected chi connectivity index (χ0v) is 12.4. The number of benzene rings is 2. The summed E-state index contributed by atoms with van der Waals surface area (Å²) in [6.45, 7) is 0. The van der Waals surface area contributed by atoms with Gasteiger partial charge in [0, 0.05) is 19.8 Å². The number of nitrogens with two attached hydrogens (primary N) is 1. The van der Waals surface area contributed by atoms with E-state index in [2.05, 4.69) is 0 Å². The van der Waals surface area contributed by atoms with Crippen LogP contribution in [0.1, 0.15) is 17.2 Å². The molecule has 1 atom stereocenters. The molecule has 2 aromatic carbocycles. The minimum atomic E-state index is -0.276. The molecule has 2 aromatic rings. The number of hydrogen-bond donors (Lipinski definition) is 1. The lowest BCUT2D eigenvalue weighted by molar-refractivity contribution is 0.871. The van der Waals surface area contributed by atoms with Crippen LogP contribution in [0.25, 0.3) is 0 Å². The Morgan fingerprint density at radius 3 is 2.21 bits per heavy atom. The molecule has 0 bridgehead atoms. The Balaban J connectivity index is 2.33. The molecule has 0 aromatic heterocycles. The number of nitrogens with zero attached hydrogens (tertiary/aromatic N) is 1. The van der Waals surface area contributed by atoms with Gasteiger partial charge in [0.2, 0.25) is 0 Å². The van der Waals surface area contributed by atoms with Crippen molar-refractivity contribution in [2.45, 2.75) is 6.04 Å². The van der Waals surface area contributed by atoms with Crippen LogP contribution in [-0.2, 0) is 0 Å². The molecule has 0 aliphatic rings. The second kappa shape index (κ2) is 5.83. The monoisotopic (exact) mass is 294 g/mol. The molecule has 0 spiro atoms. The summed E-state index contributed by atoms with van der Waals surface area (Å²) in [6.07, 6.45) is 0. The molecule has 2 nitrogen and oxygen atoms in total. The summed E-state index contributed by atoms with van der Waals surface area (Å²) in [5.74, 6) is 0. The van der Waals surface area contributed by atoms with E-state index in [1.54, 1.807) is 6.07 Å². The van der Waals surface area contributed by atoms with Crippen molar-refractivity contribution in [2.75, 3.05) is 19.0 Å². The van der Waals surface area contributed by atoms with Gasteiger partial charge in [-0.15, -0.1) is 0 Å². The minimum absolute atomic E-state index is 0.276. The van der Waals surface area contributed by atoms with Crippen LogP contribution in [-0.4, -0.2) is 14.1 Å². The molecule has 0 saturated heterocycles. The molecule has 100 valence electrons. The number of anilines is 1. The molecule has 0 saturated carbocycles. The van der Waals surface area contributed by atoms with Crippen LogP contribution < -0.4 is 10.6 Å². The zero-order valence-electron chi connectivity index (χ0n) is 10.9. The minimum Gasteiger partial charge on any atom is -0.378 e. The van der Waals surface area contributed by atoms with Gasteiger partial charge >= 0.3 is 0 Å². The molecule has 0 aliphatic heterocycles. The van der Waals surface area contributed by atoms with E-state index < -0.39 is 0 Å². The largest absolute Gasteiger partial charge is 0.378 e. The highest BCUT2D eigenvalue weighted by molar-refractivity contribution is 6.42. The predicted molar refractivity (Wildman–Crippen MR) is 83.3 cm³/mol. The smallest absolute Gasteiger partial charge is 0.0643 e. The summed E-state index contributed by atoms with van der Waals surface area (Å²) in [5.41, 5.74) is 9.24. The Labute approximate surface area is 123 Å².